The molecule has 1 aliphatic heterocycles. The summed E-state index contributed by atoms with van der Waals surface area (Å²) in [6.07, 6.45) is 0. The van der Waals surface area contributed by atoms with Gasteiger partial charge in [0.25, 0.3) is 5.91 Å². The monoisotopic (exact) mass is 336 g/mol. The number of methoxy groups -OCH3 is 3. The zero-order valence-corrected chi connectivity index (χ0v) is 15.3. The van der Waals surface area contributed by atoms with Gasteiger partial charge in [-0.3, -0.25) is 9.69 Å². The summed E-state index contributed by atoms with van der Waals surface area (Å²) in [5.74, 6) is 1.36. The second-order valence-electron chi connectivity index (χ2n) is 6.14. The molecule has 6 heteroatoms. The number of hydrogen-bond donors (Lipinski definition) is 0. The highest BCUT2D eigenvalue weighted by atomic mass is 16.5. The van der Waals surface area contributed by atoms with Gasteiger partial charge in [0.1, 0.15) is 11.5 Å². The Hall–Kier alpha value is -1.79. The van der Waals surface area contributed by atoms with Gasteiger partial charge in [-0.15, -0.1) is 0 Å². The normalized spacial score (nSPS) is 16.8. The van der Waals surface area contributed by atoms with Crippen molar-refractivity contribution in [3.63, 3.8) is 0 Å². The molecule has 1 aromatic rings. The summed E-state index contributed by atoms with van der Waals surface area (Å²) >= 11 is 0. The van der Waals surface area contributed by atoms with Crippen LogP contribution in [0.4, 0.5) is 0 Å². The minimum Gasteiger partial charge on any atom is -0.496 e. The van der Waals surface area contributed by atoms with Gasteiger partial charge in [0, 0.05) is 50.5 Å². The Balaban J connectivity index is 2.08. The summed E-state index contributed by atoms with van der Waals surface area (Å²) in [5, 5.41) is 0. The van der Waals surface area contributed by atoms with Crippen LogP contribution < -0.4 is 9.47 Å². The molecule has 1 aromatic carbocycles. The summed E-state index contributed by atoms with van der Waals surface area (Å²) in [4.78, 5) is 17.1. The van der Waals surface area contributed by atoms with Crippen LogP contribution in [0.1, 0.15) is 22.8 Å². The molecule has 1 heterocycles. The second-order valence-corrected chi connectivity index (χ2v) is 6.14. The van der Waals surface area contributed by atoms with Crippen molar-refractivity contribution >= 4 is 5.91 Å². The lowest BCUT2D eigenvalue weighted by Crippen LogP contribution is -2.52. The third kappa shape index (κ3) is 3.99. The first-order valence-corrected chi connectivity index (χ1v) is 8.26. The Kier molecular flexibility index (Phi) is 6.45. The molecule has 1 amide bonds. The zero-order chi connectivity index (χ0) is 17.7. The maximum atomic E-state index is 12.8. The van der Waals surface area contributed by atoms with Gasteiger partial charge in [-0.2, -0.15) is 0 Å². The molecule has 2 rings (SSSR count). The summed E-state index contributed by atoms with van der Waals surface area (Å²) < 4.78 is 15.9. The van der Waals surface area contributed by atoms with E-state index in [9.17, 15) is 4.79 Å². The van der Waals surface area contributed by atoms with E-state index < -0.39 is 0 Å². The molecule has 1 unspecified atom stereocenters. The number of ether oxygens (including phenoxy) is 3. The lowest BCUT2D eigenvalue weighted by molar-refractivity contribution is 0.0448. The Morgan fingerprint density at radius 2 is 1.62 bits per heavy atom. The maximum absolute atomic E-state index is 12.8. The highest BCUT2D eigenvalue weighted by molar-refractivity contribution is 5.95. The first kappa shape index (κ1) is 18.5. The van der Waals surface area contributed by atoms with Crippen LogP contribution in [0.5, 0.6) is 11.5 Å². The van der Waals surface area contributed by atoms with Gasteiger partial charge >= 0.3 is 0 Å². The van der Waals surface area contributed by atoms with Crippen LogP contribution in [0, 0.1) is 6.92 Å². The van der Waals surface area contributed by atoms with Crippen LogP contribution in [0.3, 0.4) is 0 Å². The molecule has 0 aromatic heterocycles. The van der Waals surface area contributed by atoms with Crippen molar-refractivity contribution < 1.29 is 19.0 Å². The van der Waals surface area contributed by atoms with Crippen LogP contribution in [0.2, 0.25) is 0 Å². The fourth-order valence-corrected chi connectivity index (χ4v) is 3.10. The number of carbonyl (C=O) groups is 1. The van der Waals surface area contributed by atoms with Crippen molar-refractivity contribution in [3.8, 4) is 11.5 Å². The molecule has 0 radical (unpaired) electrons. The van der Waals surface area contributed by atoms with Gasteiger partial charge in [-0.05, 0) is 26.0 Å². The molecule has 1 saturated heterocycles. The van der Waals surface area contributed by atoms with Crippen molar-refractivity contribution in [1.82, 2.24) is 9.80 Å². The van der Waals surface area contributed by atoms with E-state index in [0.29, 0.717) is 42.8 Å². The molecule has 0 saturated carbocycles. The number of rotatable bonds is 6. The highest BCUT2D eigenvalue weighted by Crippen LogP contribution is 2.30. The average molecular weight is 336 g/mol. The van der Waals surface area contributed by atoms with E-state index in [2.05, 4.69) is 11.8 Å². The Bertz CT molecular complexity index is 543. The van der Waals surface area contributed by atoms with Crippen LogP contribution in [-0.4, -0.2) is 75.9 Å². The largest absolute Gasteiger partial charge is 0.496 e. The third-order valence-electron chi connectivity index (χ3n) is 4.63. The molecule has 1 aliphatic rings. The van der Waals surface area contributed by atoms with Gasteiger partial charge < -0.3 is 19.1 Å². The third-order valence-corrected chi connectivity index (χ3v) is 4.63. The number of benzene rings is 1. The van der Waals surface area contributed by atoms with Gasteiger partial charge in [-0.25, -0.2) is 0 Å². The zero-order valence-electron chi connectivity index (χ0n) is 15.3. The van der Waals surface area contributed by atoms with Crippen LogP contribution in [0.25, 0.3) is 0 Å². The summed E-state index contributed by atoms with van der Waals surface area (Å²) in [5.41, 5.74) is 1.50. The Morgan fingerprint density at radius 1 is 1.08 bits per heavy atom. The molecule has 6 nitrogen and oxygen atoms in total. The van der Waals surface area contributed by atoms with Gasteiger partial charge in [0.05, 0.1) is 20.8 Å². The SMILES string of the molecule is COCC(C)N1CCN(C(=O)c2cc(OC)c(C)c(OC)c2)CC1. The van der Waals surface area contributed by atoms with E-state index >= 15 is 0 Å². The number of carbonyl (C=O) groups excluding carboxylic acids is 1. The van der Waals surface area contributed by atoms with Gasteiger partial charge in [0.15, 0.2) is 0 Å². The molecule has 0 aliphatic carbocycles. The molecule has 0 N–H and O–H groups in total. The van der Waals surface area contributed by atoms with Crippen molar-refractivity contribution in [2.75, 3.05) is 54.1 Å². The van der Waals surface area contributed by atoms with E-state index in [1.54, 1.807) is 33.5 Å². The van der Waals surface area contributed by atoms with E-state index in [-0.39, 0.29) is 5.91 Å². The highest BCUT2D eigenvalue weighted by Gasteiger charge is 2.25. The lowest BCUT2D eigenvalue weighted by atomic mass is 10.1. The maximum Gasteiger partial charge on any atom is 0.254 e. The standard InChI is InChI=1S/C18H28N2O4/c1-13(12-22-3)19-6-8-20(9-7-19)18(21)15-10-16(23-4)14(2)17(11-15)24-5/h10-11,13H,6-9,12H2,1-5H3. The number of nitrogens with zero attached hydrogens (tertiary/aromatic N) is 2. The van der Waals surface area contributed by atoms with Crippen LogP contribution >= 0.6 is 0 Å². The topological polar surface area (TPSA) is 51.2 Å². The molecule has 134 valence electrons. The van der Waals surface area contributed by atoms with E-state index in [1.165, 1.54) is 0 Å². The summed E-state index contributed by atoms with van der Waals surface area (Å²) in [6, 6.07) is 3.95. The first-order valence-electron chi connectivity index (χ1n) is 8.26. The van der Waals surface area contributed by atoms with Crippen LogP contribution in [0.15, 0.2) is 12.1 Å². The smallest absolute Gasteiger partial charge is 0.254 e. The molecule has 0 spiro atoms. The van der Waals surface area contributed by atoms with Crippen LogP contribution in [-0.2, 0) is 4.74 Å². The molecular weight excluding hydrogens is 308 g/mol. The van der Waals surface area contributed by atoms with Gasteiger partial charge in [-0.1, -0.05) is 0 Å². The van der Waals surface area contributed by atoms with E-state index in [0.717, 1.165) is 18.7 Å². The predicted molar refractivity (Wildman–Crippen MR) is 93.1 cm³/mol. The lowest BCUT2D eigenvalue weighted by Gasteiger charge is -2.37. The van der Waals surface area contributed by atoms with Gasteiger partial charge in [0.2, 0.25) is 0 Å². The average Bonchev–Trinajstić information content (AvgIpc) is 2.61. The van der Waals surface area contributed by atoms with Crippen molar-refractivity contribution in [3.05, 3.63) is 23.3 Å². The molecule has 0 bridgehead atoms. The van der Waals surface area contributed by atoms with Crippen molar-refractivity contribution in [2.45, 2.75) is 19.9 Å². The second kappa shape index (κ2) is 8.35. The Morgan fingerprint density at radius 3 is 2.08 bits per heavy atom. The predicted octanol–water partition coefficient (Wildman–Crippen LogP) is 1.80. The van der Waals surface area contributed by atoms with Crippen molar-refractivity contribution in [1.29, 1.82) is 0 Å². The molecular formula is C18H28N2O4. The summed E-state index contributed by atoms with van der Waals surface area (Å²) in [6.45, 7) is 7.92. The summed E-state index contributed by atoms with van der Waals surface area (Å²) in [7, 11) is 4.92. The van der Waals surface area contributed by atoms with E-state index in [4.69, 9.17) is 14.2 Å². The Labute approximate surface area is 144 Å². The van der Waals surface area contributed by atoms with Crippen molar-refractivity contribution in [2.24, 2.45) is 0 Å². The molecule has 1 fully saturated rings. The minimum atomic E-state index is 0.0191. The minimum absolute atomic E-state index is 0.0191. The number of hydrogen-bond acceptors (Lipinski definition) is 5. The van der Waals surface area contributed by atoms with E-state index in [1.807, 2.05) is 11.8 Å². The fraction of sp³-hybridized carbons (Fsp3) is 0.611. The number of amides is 1. The quantitative estimate of drug-likeness (QED) is 0.793. The fourth-order valence-electron chi connectivity index (χ4n) is 3.10. The first-order chi connectivity index (χ1) is 11.5. The number of piperazine rings is 1. The molecule has 1 atom stereocenters. The molecule has 24 heavy (non-hydrogen) atoms.